The first-order valence-corrected chi connectivity index (χ1v) is 15.8. The number of carbonyl (C=O) groups excluding carboxylic acids is 2. The monoisotopic (exact) mass is 577 g/mol. The van der Waals surface area contributed by atoms with E-state index in [1.54, 1.807) is 18.2 Å². The van der Waals surface area contributed by atoms with Crippen molar-refractivity contribution in [3.63, 3.8) is 0 Å². The molecule has 2 heterocycles. The Morgan fingerprint density at radius 2 is 1.74 bits per heavy atom. The molecule has 1 aliphatic rings. The highest BCUT2D eigenvalue weighted by atomic mass is 16.5. The molecule has 0 radical (unpaired) electrons. The third-order valence-electron chi connectivity index (χ3n) is 8.68. The van der Waals surface area contributed by atoms with Gasteiger partial charge in [0, 0.05) is 42.4 Å². The molecule has 2 aromatic carbocycles. The smallest absolute Gasteiger partial charge is 0.338 e. The lowest BCUT2D eigenvalue weighted by molar-refractivity contribution is -0.127. The van der Waals surface area contributed by atoms with E-state index >= 15 is 0 Å². The molecule has 1 saturated carbocycles. The fourth-order valence-electron chi connectivity index (χ4n) is 6.38. The maximum absolute atomic E-state index is 13.6. The van der Waals surface area contributed by atoms with Gasteiger partial charge in [0.1, 0.15) is 12.3 Å². The predicted octanol–water partition coefficient (Wildman–Crippen LogP) is 8.12. The zero-order chi connectivity index (χ0) is 29.9. The van der Waals surface area contributed by atoms with Crippen LogP contribution in [0, 0.1) is 11.8 Å². The summed E-state index contributed by atoms with van der Waals surface area (Å²) >= 11 is 0. The van der Waals surface area contributed by atoms with Gasteiger partial charge in [-0.15, -0.1) is 0 Å². The van der Waals surface area contributed by atoms with Crippen LogP contribution in [0.15, 0.2) is 91.8 Å². The van der Waals surface area contributed by atoms with Crippen LogP contribution < -0.4 is 5.32 Å². The lowest BCUT2D eigenvalue weighted by Gasteiger charge is -2.25. The Bertz CT molecular complexity index is 1480. The van der Waals surface area contributed by atoms with E-state index in [1.165, 1.54) is 42.2 Å². The number of esters is 1. The molecule has 0 saturated heterocycles. The number of aromatic nitrogens is 2. The molecular weight excluding hydrogens is 534 g/mol. The van der Waals surface area contributed by atoms with Gasteiger partial charge in [0.15, 0.2) is 0 Å². The molecule has 5 rings (SSSR count). The molecule has 0 bridgehead atoms. The van der Waals surface area contributed by atoms with Crippen LogP contribution in [0.25, 0.3) is 22.2 Å². The second-order valence-electron chi connectivity index (χ2n) is 11.6. The Balaban J connectivity index is 1.20. The molecule has 1 fully saturated rings. The first-order chi connectivity index (χ1) is 21.1. The van der Waals surface area contributed by atoms with Gasteiger partial charge in [0.05, 0.1) is 5.56 Å². The van der Waals surface area contributed by atoms with Crippen molar-refractivity contribution < 1.29 is 14.3 Å². The van der Waals surface area contributed by atoms with Crippen molar-refractivity contribution in [1.29, 1.82) is 0 Å². The number of hydrogen-bond acceptors (Lipinski definition) is 4. The molecule has 0 aliphatic heterocycles. The largest absolute Gasteiger partial charge is 0.458 e. The number of carbonyl (C=O) groups is 2. The van der Waals surface area contributed by atoms with Gasteiger partial charge >= 0.3 is 5.97 Å². The molecule has 0 spiro atoms. The van der Waals surface area contributed by atoms with E-state index in [9.17, 15) is 9.59 Å². The molecule has 1 unspecified atom stereocenters. The number of unbranched alkanes of at least 4 members (excludes halogenated alkanes) is 1. The van der Waals surface area contributed by atoms with Gasteiger partial charge in [-0.1, -0.05) is 87.2 Å². The van der Waals surface area contributed by atoms with E-state index in [-0.39, 0.29) is 24.4 Å². The summed E-state index contributed by atoms with van der Waals surface area (Å²) in [5.74, 6) is 0.235. The van der Waals surface area contributed by atoms with E-state index in [4.69, 9.17) is 9.72 Å². The van der Waals surface area contributed by atoms with E-state index in [1.807, 2.05) is 30.5 Å². The summed E-state index contributed by atoms with van der Waals surface area (Å²) in [6, 6.07) is 21.9. The second-order valence-corrected chi connectivity index (χ2v) is 11.6. The number of pyridine rings is 1. The van der Waals surface area contributed by atoms with Crippen molar-refractivity contribution >= 4 is 22.9 Å². The van der Waals surface area contributed by atoms with Crippen molar-refractivity contribution in [2.75, 3.05) is 6.61 Å². The summed E-state index contributed by atoms with van der Waals surface area (Å²) in [4.78, 5) is 30.4. The fourth-order valence-corrected chi connectivity index (χ4v) is 6.38. The van der Waals surface area contributed by atoms with Crippen LogP contribution in [0.5, 0.6) is 0 Å². The second kappa shape index (κ2) is 15.3. The number of ether oxygens (including phenoxy) is 1. The van der Waals surface area contributed by atoms with Crippen LogP contribution in [0.2, 0.25) is 0 Å². The standard InChI is InChI=1S/C37H43N3O3/c1-2-25-43-37(42)31-21-19-28(20-22-31)26-39-36(41)32(29-13-6-3-4-7-14-29)17-10-11-24-40-27-34(30-15-8-5-9-16-30)33-18-12-23-38-35(33)40/h2,5,8-9,12,15-16,18-23,27,29,32H,1,3-4,6-7,10-11,13-14,17,24-26H2,(H,39,41). The molecule has 6 nitrogen and oxygen atoms in total. The summed E-state index contributed by atoms with van der Waals surface area (Å²) in [6.07, 6.45) is 15.7. The molecule has 6 heteroatoms. The van der Waals surface area contributed by atoms with Crippen molar-refractivity contribution in [3.05, 3.63) is 103 Å². The first kappa shape index (κ1) is 30.3. The highest BCUT2D eigenvalue weighted by Gasteiger charge is 2.28. The van der Waals surface area contributed by atoms with Crippen molar-refractivity contribution in [2.45, 2.75) is 70.9 Å². The third kappa shape index (κ3) is 8.01. The van der Waals surface area contributed by atoms with Gasteiger partial charge in [0.2, 0.25) is 5.91 Å². The van der Waals surface area contributed by atoms with Crippen LogP contribution in [0.3, 0.4) is 0 Å². The summed E-state index contributed by atoms with van der Waals surface area (Å²) in [6.45, 7) is 5.09. The molecule has 1 N–H and O–H groups in total. The van der Waals surface area contributed by atoms with E-state index in [0.717, 1.165) is 49.9 Å². The highest BCUT2D eigenvalue weighted by molar-refractivity contribution is 5.94. The first-order valence-electron chi connectivity index (χ1n) is 15.8. The number of nitrogens with zero attached hydrogens (tertiary/aromatic N) is 2. The number of nitrogens with one attached hydrogen (secondary N) is 1. The topological polar surface area (TPSA) is 73.2 Å². The van der Waals surface area contributed by atoms with Crippen LogP contribution in [-0.2, 0) is 22.6 Å². The van der Waals surface area contributed by atoms with Gasteiger partial charge in [-0.3, -0.25) is 4.79 Å². The molecular formula is C37H43N3O3. The molecule has 224 valence electrons. The Kier molecular flexibility index (Phi) is 10.8. The minimum absolute atomic E-state index is 0.0191. The Hall–Kier alpha value is -4.19. The van der Waals surface area contributed by atoms with E-state index in [0.29, 0.717) is 18.0 Å². The summed E-state index contributed by atoms with van der Waals surface area (Å²) in [5, 5.41) is 4.39. The molecule has 43 heavy (non-hydrogen) atoms. The number of rotatable bonds is 13. The Labute approximate surface area is 255 Å². The maximum atomic E-state index is 13.6. The Morgan fingerprint density at radius 1 is 0.977 bits per heavy atom. The molecule has 1 atom stereocenters. The fraction of sp³-hybridized carbons (Fsp3) is 0.378. The molecule has 2 aromatic heterocycles. The van der Waals surface area contributed by atoms with E-state index < -0.39 is 0 Å². The SMILES string of the molecule is C=CCOC(=O)c1ccc(CNC(=O)C(CCCCn2cc(-c3ccccc3)c3cccnc32)C2CCCCCC2)cc1. The number of amides is 1. The third-order valence-corrected chi connectivity index (χ3v) is 8.68. The number of hydrogen-bond donors (Lipinski definition) is 1. The lowest BCUT2D eigenvalue weighted by Crippen LogP contribution is -2.35. The van der Waals surface area contributed by atoms with Gasteiger partial charge in [0.25, 0.3) is 0 Å². The quantitative estimate of drug-likeness (QED) is 0.0754. The van der Waals surface area contributed by atoms with Crippen molar-refractivity contribution in [2.24, 2.45) is 11.8 Å². The van der Waals surface area contributed by atoms with Crippen LogP contribution in [0.1, 0.15) is 73.7 Å². The Morgan fingerprint density at radius 3 is 2.49 bits per heavy atom. The van der Waals surface area contributed by atoms with Gasteiger partial charge in [-0.25, -0.2) is 9.78 Å². The van der Waals surface area contributed by atoms with Gasteiger partial charge in [-0.05, 0) is 67.0 Å². The van der Waals surface area contributed by atoms with Crippen LogP contribution in [-0.4, -0.2) is 28.0 Å². The zero-order valence-corrected chi connectivity index (χ0v) is 25.0. The number of aryl methyl sites for hydroxylation is 1. The zero-order valence-electron chi connectivity index (χ0n) is 25.0. The van der Waals surface area contributed by atoms with Crippen molar-refractivity contribution in [1.82, 2.24) is 14.9 Å². The summed E-state index contributed by atoms with van der Waals surface area (Å²) in [7, 11) is 0. The average molecular weight is 578 g/mol. The van der Waals surface area contributed by atoms with Gasteiger partial charge in [-0.2, -0.15) is 0 Å². The van der Waals surface area contributed by atoms with Crippen molar-refractivity contribution in [3.8, 4) is 11.1 Å². The van der Waals surface area contributed by atoms with Crippen LogP contribution in [0.4, 0.5) is 0 Å². The lowest BCUT2D eigenvalue weighted by atomic mass is 9.82. The summed E-state index contributed by atoms with van der Waals surface area (Å²) in [5.41, 5.74) is 4.89. The predicted molar refractivity (Wildman–Crippen MR) is 172 cm³/mol. The normalized spacial score (nSPS) is 14.6. The highest BCUT2D eigenvalue weighted by Crippen LogP contribution is 2.33. The molecule has 1 aliphatic carbocycles. The maximum Gasteiger partial charge on any atom is 0.338 e. The van der Waals surface area contributed by atoms with Gasteiger partial charge < -0.3 is 14.6 Å². The van der Waals surface area contributed by atoms with Crippen LogP contribution >= 0.6 is 0 Å². The average Bonchev–Trinajstić information content (AvgIpc) is 3.20. The minimum Gasteiger partial charge on any atom is -0.458 e. The molecule has 1 amide bonds. The summed E-state index contributed by atoms with van der Waals surface area (Å²) < 4.78 is 7.38. The number of fused-ring (bicyclic) bond motifs is 1. The van der Waals surface area contributed by atoms with E-state index in [2.05, 4.69) is 53.0 Å². The minimum atomic E-state index is -0.371. The molecule has 4 aromatic rings. The number of benzene rings is 2.